The summed E-state index contributed by atoms with van der Waals surface area (Å²) in [5.74, 6) is 0. The van der Waals surface area contributed by atoms with E-state index in [1.807, 2.05) is 6.07 Å². The molecule has 0 aromatic heterocycles. The second-order valence-electron chi connectivity index (χ2n) is 6.63. The van der Waals surface area contributed by atoms with E-state index in [9.17, 15) is 5.11 Å². The summed E-state index contributed by atoms with van der Waals surface area (Å²) in [5.41, 5.74) is 3.63. The topological polar surface area (TPSA) is 32.7 Å². The fourth-order valence-corrected chi connectivity index (χ4v) is 4.03. The molecule has 0 radical (unpaired) electrons. The normalized spacial score (nSPS) is 23.1. The molecule has 0 amide bonds. The fourth-order valence-electron chi connectivity index (χ4n) is 4.03. The third-order valence-electron chi connectivity index (χ3n) is 5.24. The zero-order valence-electron chi connectivity index (χ0n) is 13.3. The van der Waals surface area contributed by atoms with Crippen LogP contribution < -0.4 is 0 Å². The number of piperidine rings is 1. The Morgan fingerprint density at radius 3 is 2.43 bits per heavy atom. The van der Waals surface area contributed by atoms with Gasteiger partial charge < -0.3 is 9.84 Å². The van der Waals surface area contributed by atoms with Gasteiger partial charge in [-0.1, -0.05) is 54.6 Å². The van der Waals surface area contributed by atoms with Gasteiger partial charge >= 0.3 is 0 Å². The van der Waals surface area contributed by atoms with Crippen molar-refractivity contribution >= 4 is 0 Å². The molecule has 120 valence electrons. The Hall–Kier alpha value is -1.68. The molecule has 2 aliphatic heterocycles. The van der Waals surface area contributed by atoms with Crippen LogP contribution in [-0.2, 0) is 16.9 Å². The number of hydrogen-bond acceptors (Lipinski definition) is 3. The van der Waals surface area contributed by atoms with Crippen molar-refractivity contribution in [2.45, 2.75) is 31.1 Å². The van der Waals surface area contributed by atoms with E-state index in [0.717, 1.165) is 32.5 Å². The van der Waals surface area contributed by atoms with E-state index in [4.69, 9.17) is 4.74 Å². The van der Waals surface area contributed by atoms with Crippen molar-refractivity contribution in [1.82, 2.24) is 4.90 Å². The molecule has 0 aliphatic carbocycles. The average Bonchev–Trinajstić information content (AvgIpc) is 2.92. The lowest BCUT2D eigenvalue weighted by atomic mass is 9.83. The molecule has 1 N–H and O–H groups in total. The van der Waals surface area contributed by atoms with Gasteiger partial charge in [-0.2, -0.15) is 0 Å². The van der Waals surface area contributed by atoms with Crippen LogP contribution >= 0.6 is 0 Å². The minimum Gasteiger partial charge on any atom is -0.393 e. The van der Waals surface area contributed by atoms with Crippen molar-refractivity contribution in [1.29, 1.82) is 0 Å². The molecular formula is C20H23NO2. The maximum Gasteiger partial charge on any atom is 0.107 e. The zero-order valence-corrected chi connectivity index (χ0v) is 13.3. The van der Waals surface area contributed by atoms with Gasteiger partial charge in [-0.3, -0.25) is 4.90 Å². The highest BCUT2D eigenvalue weighted by Crippen LogP contribution is 2.49. The van der Waals surface area contributed by atoms with Crippen molar-refractivity contribution < 1.29 is 9.84 Å². The maximum absolute atomic E-state index is 9.64. The minimum absolute atomic E-state index is 0.0620. The molecule has 1 spiro atoms. The number of aliphatic hydroxyl groups excluding tert-OH is 1. The van der Waals surface area contributed by atoms with E-state index in [2.05, 4.69) is 53.4 Å². The van der Waals surface area contributed by atoms with Crippen LogP contribution in [-0.4, -0.2) is 29.7 Å². The summed E-state index contributed by atoms with van der Waals surface area (Å²) < 4.78 is 6.33. The number of rotatable bonds is 3. The first kappa shape index (κ1) is 14.9. The first-order valence-corrected chi connectivity index (χ1v) is 8.45. The van der Waals surface area contributed by atoms with Crippen LogP contribution in [0.1, 0.15) is 35.6 Å². The Morgan fingerprint density at radius 1 is 1.00 bits per heavy atom. The quantitative estimate of drug-likeness (QED) is 0.945. The van der Waals surface area contributed by atoms with Gasteiger partial charge in [0, 0.05) is 19.6 Å². The van der Waals surface area contributed by atoms with E-state index in [1.54, 1.807) is 0 Å². The fraction of sp³-hybridized carbons (Fsp3) is 0.400. The SMILES string of the molecule is OC[C@@H]1OC2(CCN(Cc3ccccc3)CC2)c2ccccc21. The minimum atomic E-state index is -0.197. The largest absolute Gasteiger partial charge is 0.393 e. The molecule has 0 unspecified atom stereocenters. The molecule has 0 bridgehead atoms. The van der Waals surface area contributed by atoms with Gasteiger partial charge in [0.25, 0.3) is 0 Å². The molecule has 2 heterocycles. The van der Waals surface area contributed by atoms with Gasteiger partial charge in [0.1, 0.15) is 6.10 Å². The molecule has 23 heavy (non-hydrogen) atoms. The molecule has 3 nitrogen and oxygen atoms in total. The Bertz CT molecular complexity index is 662. The van der Waals surface area contributed by atoms with Crippen molar-refractivity contribution in [2.75, 3.05) is 19.7 Å². The lowest BCUT2D eigenvalue weighted by Gasteiger charge is -2.39. The highest BCUT2D eigenvalue weighted by molar-refractivity contribution is 5.38. The predicted octanol–water partition coefficient (Wildman–Crippen LogP) is 3.24. The van der Waals surface area contributed by atoms with Crippen LogP contribution in [0.4, 0.5) is 0 Å². The molecular weight excluding hydrogens is 286 g/mol. The van der Waals surface area contributed by atoms with Gasteiger partial charge in [0.05, 0.1) is 12.2 Å². The number of ether oxygens (including phenoxy) is 1. The number of nitrogens with zero attached hydrogens (tertiary/aromatic N) is 1. The van der Waals surface area contributed by atoms with Crippen molar-refractivity contribution in [3.63, 3.8) is 0 Å². The second-order valence-corrected chi connectivity index (χ2v) is 6.63. The lowest BCUT2D eigenvalue weighted by Crippen LogP contribution is -2.42. The van der Waals surface area contributed by atoms with E-state index in [1.165, 1.54) is 16.7 Å². The number of aliphatic hydroxyl groups is 1. The summed E-state index contributed by atoms with van der Waals surface area (Å²) in [6, 6.07) is 19.0. The monoisotopic (exact) mass is 309 g/mol. The third-order valence-corrected chi connectivity index (χ3v) is 5.24. The summed E-state index contributed by atoms with van der Waals surface area (Å²) in [4.78, 5) is 2.50. The summed E-state index contributed by atoms with van der Waals surface area (Å²) in [6.07, 6.45) is 1.83. The van der Waals surface area contributed by atoms with E-state index < -0.39 is 0 Å². The summed E-state index contributed by atoms with van der Waals surface area (Å²) in [5, 5.41) is 9.64. The number of hydrogen-bond donors (Lipinski definition) is 1. The molecule has 2 aromatic carbocycles. The molecule has 1 atom stereocenters. The maximum atomic E-state index is 9.64. The number of likely N-dealkylation sites (tertiary alicyclic amines) is 1. The van der Waals surface area contributed by atoms with E-state index in [0.29, 0.717) is 0 Å². The smallest absolute Gasteiger partial charge is 0.107 e. The number of benzene rings is 2. The molecule has 3 heteroatoms. The summed E-state index contributed by atoms with van der Waals surface area (Å²) in [6.45, 7) is 3.12. The Morgan fingerprint density at radius 2 is 1.70 bits per heavy atom. The lowest BCUT2D eigenvalue weighted by molar-refractivity contribution is -0.122. The van der Waals surface area contributed by atoms with Gasteiger partial charge in [0.2, 0.25) is 0 Å². The highest BCUT2D eigenvalue weighted by Gasteiger charge is 2.46. The predicted molar refractivity (Wildman–Crippen MR) is 90.0 cm³/mol. The van der Waals surface area contributed by atoms with Gasteiger partial charge in [0.15, 0.2) is 0 Å². The van der Waals surface area contributed by atoms with Crippen molar-refractivity contribution in [3.05, 3.63) is 71.3 Å². The Kier molecular flexibility index (Phi) is 3.93. The summed E-state index contributed by atoms with van der Waals surface area (Å²) >= 11 is 0. The molecule has 2 aromatic rings. The first-order valence-electron chi connectivity index (χ1n) is 8.45. The van der Waals surface area contributed by atoms with Gasteiger partial charge in [-0.15, -0.1) is 0 Å². The second kappa shape index (κ2) is 6.08. The molecule has 1 saturated heterocycles. The van der Waals surface area contributed by atoms with Crippen molar-refractivity contribution in [2.24, 2.45) is 0 Å². The Balaban J connectivity index is 1.49. The van der Waals surface area contributed by atoms with Crippen LogP contribution in [0.15, 0.2) is 54.6 Å². The molecule has 0 saturated carbocycles. The van der Waals surface area contributed by atoms with Gasteiger partial charge in [-0.05, 0) is 29.5 Å². The van der Waals surface area contributed by atoms with E-state index in [-0.39, 0.29) is 18.3 Å². The van der Waals surface area contributed by atoms with Crippen LogP contribution in [0, 0.1) is 0 Å². The number of fused-ring (bicyclic) bond motifs is 2. The van der Waals surface area contributed by atoms with Gasteiger partial charge in [-0.25, -0.2) is 0 Å². The van der Waals surface area contributed by atoms with Crippen LogP contribution in [0.25, 0.3) is 0 Å². The first-order chi connectivity index (χ1) is 11.3. The third kappa shape index (κ3) is 2.69. The van der Waals surface area contributed by atoms with Crippen LogP contribution in [0.2, 0.25) is 0 Å². The standard InChI is InChI=1S/C20H23NO2/c22-15-19-17-8-4-5-9-18(17)20(23-19)10-12-21(13-11-20)14-16-6-2-1-3-7-16/h1-9,19,22H,10-15H2/t19-/m0/s1. The summed E-state index contributed by atoms with van der Waals surface area (Å²) in [7, 11) is 0. The van der Waals surface area contributed by atoms with E-state index >= 15 is 0 Å². The average molecular weight is 309 g/mol. The van der Waals surface area contributed by atoms with Crippen molar-refractivity contribution in [3.8, 4) is 0 Å². The highest BCUT2D eigenvalue weighted by atomic mass is 16.5. The molecule has 2 aliphatic rings. The van der Waals surface area contributed by atoms with Crippen LogP contribution in [0.3, 0.4) is 0 Å². The Labute approximate surface area is 137 Å². The molecule has 1 fully saturated rings. The molecule has 4 rings (SSSR count). The van der Waals surface area contributed by atoms with Crippen LogP contribution in [0.5, 0.6) is 0 Å². The zero-order chi connectivity index (χ0) is 15.7.